The molecule has 1 fully saturated rings. The third kappa shape index (κ3) is 9.65. The number of carbonyl (C=O) groups is 3. The van der Waals surface area contributed by atoms with Crippen LogP contribution in [0, 0.1) is 0 Å². The molecule has 202 valence electrons. The molecule has 3 amide bonds. The van der Waals surface area contributed by atoms with Crippen LogP contribution in [-0.4, -0.2) is 61.5 Å². The minimum Gasteiger partial charge on any atom is -0.444 e. The summed E-state index contributed by atoms with van der Waals surface area (Å²) in [5.41, 5.74) is 5.23. The molecule has 1 heterocycles. The lowest BCUT2D eigenvalue weighted by atomic mass is 9.98. The van der Waals surface area contributed by atoms with Gasteiger partial charge in [0.25, 0.3) is 10.1 Å². The second-order valence-corrected chi connectivity index (χ2v) is 12.4. The Morgan fingerprint density at radius 2 is 1.61 bits per heavy atom. The summed E-state index contributed by atoms with van der Waals surface area (Å²) in [5, 5.41) is 2.66. The number of primary amides is 1. The lowest BCUT2D eigenvalue weighted by Crippen LogP contribution is -2.37. The van der Waals surface area contributed by atoms with E-state index in [1.807, 2.05) is 0 Å². The van der Waals surface area contributed by atoms with Crippen molar-refractivity contribution in [1.82, 2.24) is 10.2 Å². The number of hydrogen-bond acceptors (Lipinski definition) is 8. The Kier molecular flexibility index (Phi) is 9.00. The van der Waals surface area contributed by atoms with Gasteiger partial charge in [0.15, 0.2) is 0 Å². The van der Waals surface area contributed by atoms with Crippen molar-refractivity contribution in [3.8, 4) is 0 Å². The highest BCUT2D eigenvalue weighted by molar-refractivity contribution is 7.86. The molecule has 3 N–H and O–H groups in total. The van der Waals surface area contributed by atoms with E-state index in [1.54, 1.807) is 65.8 Å². The fourth-order valence-electron chi connectivity index (χ4n) is 3.81. The molecular formula is C24H37N3O8S. The van der Waals surface area contributed by atoms with Gasteiger partial charge >= 0.3 is 12.2 Å². The van der Waals surface area contributed by atoms with Gasteiger partial charge in [-0.15, -0.1) is 0 Å². The lowest BCUT2D eigenvalue weighted by Gasteiger charge is -2.29. The molecule has 0 unspecified atom stereocenters. The van der Waals surface area contributed by atoms with E-state index in [0.717, 1.165) is 6.26 Å². The van der Waals surface area contributed by atoms with E-state index in [-0.39, 0.29) is 19.4 Å². The average molecular weight is 528 g/mol. The Bertz CT molecular complexity index is 1060. The minimum absolute atomic E-state index is 0.0406. The van der Waals surface area contributed by atoms with E-state index >= 15 is 0 Å². The number of hydrogen-bond donors (Lipinski definition) is 2. The van der Waals surface area contributed by atoms with Crippen molar-refractivity contribution in [2.24, 2.45) is 5.73 Å². The average Bonchev–Trinajstić information content (AvgIpc) is 3.06. The second kappa shape index (κ2) is 11.0. The minimum atomic E-state index is -3.73. The first-order valence-electron chi connectivity index (χ1n) is 11.6. The fourth-order valence-corrected chi connectivity index (χ4v) is 4.44. The molecule has 1 aromatic rings. The van der Waals surface area contributed by atoms with Gasteiger partial charge in [0.05, 0.1) is 37.4 Å². The van der Waals surface area contributed by atoms with Crippen molar-refractivity contribution in [3.05, 3.63) is 35.4 Å². The number of nitrogens with one attached hydrogen (secondary N) is 1. The molecule has 11 nitrogen and oxygen atoms in total. The summed E-state index contributed by atoms with van der Waals surface area (Å²) in [4.78, 5) is 38.2. The summed E-state index contributed by atoms with van der Waals surface area (Å²) in [6.07, 6.45) is -0.944. The Balaban J connectivity index is 2.29. The van der Waals surface area contributed by atoms with Gasteiger partial charge in [0.2, 0.25) is 5.91 Å². The maximum Gasteiger partial charge on any atom is 0.410 e. The molecule has 0 radical (unpaired) electrons. The molecule has 0 aliphatic carbocycles. The highest BCUT2D eigenvalue weighted by Crippen LogP contribution is 2.36. The Hall–Kier alpha value is -2.86. The maximum atomic E-state index is 12.9. The van der Waals surface area contributed by atoms with Crippen molar-refractivity contribution >= 4 is 28.2 Å². The topological polar surface area (TPSA) is 154 Å². The van der Waals surface area contributed by atoms with E-state index in [2.05, 4.69) is 5.32 Å². The Morgan fingerprint density at radius 1 is 1.06 bits per heavy atom. The maximum absolute atomic E-state index is 12.9. The summed E-state index contributed by atoms with van der Waals surface area (Å²) in [5.74, 6) is -0.604. The highest BCUT2D eigenvalue weighted by Gasteiger charge is 2.40. The molecule has 0 bridgehead atoms. The zero-order chi connectivity index (χ0) is 27.5. The van der Waals surface area contributed by atoms with Crippen molar-refractivity contribution in [1.29, 1.82) is 0 Å². The quantitative estimate of drug-likeness (QED) is 0.513. The van der Waals surface area contributed by atoms with Crippen LogP contribution in [0.25, 0.3) is 0 Å². The van der Waals surface area contributed by atoms with E-state index in [1.165, 1.54) is 4.90 Å². The third-order valence-corrected chi connectivity index (χ3v) is 5.64. The summed E-state index contributed by atoms with van der Waals surface area (Å²) >= 11 is 0. The molecule has 2 rings (SSSR count). The van der Waals surface area contributed by atoms with Gasteiger partial charge in [-0.25, -0.2) is 9.59 Å². The van der Waals surface area contributed by atoms with Crippen LogP contribution in [0.5, 0.6) is 0 Å². The summed E-state index contributed by atoms with van der Waals surface area (Å²) in [7, 11) is -3.73. The fraction of sp³-hybridized carbons (Fsp3) is 0.625. The number of rotatable bonds is 7. The number of ether oxygens (including phenoxy) is 2. The molecule has 0 aromatic heterocycles. The molecule has 1 saturated heterocycles. The molecule has 1 aliphatic rings. The number of nitrogens with zero attached hydrogens (tertiary/aromatic N) is 1. The first kappa shape index (κ1) is 29.4. The van der Waals surface area contributed by atoms with E-state index in [0.29, 0.717) is 11.1 Å². The third-order valence-electron chi connectivity index (χ3n) is 5.02. The first-order valence-corrected chi connectivity index (χ1v) is 13.4. The van der Waals surface area contributed by atoms with E-state index in [9.17, 15) is 22.8 Å². The summed E-state index contributed by atoms with van der Waals surface area (Å²) in [6, 6.07) is 5.67. The predicted molar refractivity (Wildman–Crippen MR) is 132 cm³/mol. The van der Waals surface area contributed by atoms with Gasteiger partial charge in [-0.05, 0) is 52.7 Å². The number of benzene rings is 1. The van der Waals surface area contributed by atoms with Gasteiger partial charge < -0.3 is 20.5 Å². The molecular weight excluding hydrogens is 490 g/mol. The van der Waals surface area contributed by atoms with Crippen molar-refractivity contribution in [3.63, 3.8) is 0 Å². The number of nitrogens with two attached hydrogens (primary N) is 1. The Morgan fingerprint density at radius 3 is 2.08 bits per heavy atom. The second-order valence-electron chi connectivity index (χ2n) is 10.8. The van der Waals surface area contributed by atoms with Crippen LogP contribution < -0.4 is 11.1 Å². The Labute approximate surface area is 212 Å². The number of likely N-dealkylation sites (tertiary alicyclic amines) is 1. The summed E-state index contributed by atoms with van der Waals surface area (Å²) in [6.45, 7) is 10.4. The van der Waals surface area contributed by atoms with Gasteiger partial charge in [-0.3, -0.25) is 13.9 Å². The monoisotopic (exact) mass is 527 g/mol. The van der Waals surface area contributed by atoms with Crippen LogP contribution in [0.3, 0.4) is 0 Å². The van der Waals surface area contributed by atoms with Gasteiger partial charge in [-0.2, -0.15) is 8.42 Å². The van der Waals surface area contributed by atoms with Crippen LogP contribution in [0.15, 0.2) is 24.3 Å². The summed E-state index contributed by atoms with van der Waals surface area (Å²) < 4.78 is 39.3. The molecule has 36 heavy (non-hydrogen) atoms. The predicted octanol–water partition coefficient (Wildman–Crippen LogP) is 3.15. The van der Waals surface area contributed by atoms with E-state index < -0.39 is 57.6 Å². The van der Waals surface area contributed by atoms with Crippen LogP contribution in [0.2, 0.25) is 0 Å². The van der Waals surface area contributed by atoms with Crippen LogP contribution in [-0.2, 0) is 28.6 Å². The highest BCUT2D eigenvalue weighted by atomic mass is 32.2. The molecule has 0 spiro atoms. The van der Waals surface area contributed by atoms with Crippen LogP contribution in [0.4, 0.5) is 9.59 Å². The zero-order valence-corrected chi connectivity index (χ0v) is 22.7. The van der Waals surface area contributed by atoms with Gasteiger partial charge in [-0.1, -0.05) is 24.3 Å². The molecule has 1 aromatic carbocycles. The zero-order valence-electron chi connectivity index (χ0n) is 21.9. The molecule has 3 atom stereocenters. The van der Waals surface area contributed by atoms with Crippen molar-refractivity contribution < 1.29 is 36.5 Å². The largest absolute Gasteiger partial charge is 0.444 e. The van der Waals surface area contributed by atoms with Crippen LogP contribution in [0.1, 0.15) is 77.6 Å². The number of alkyl carbamates (subject to hydrolysis) is 1. The SMILES string of the molecule is CC(C)(C)OC(=O)N[C@@H](CC(N)=O)c1ccc([C@H]2C[C@@H](OS(C)(=O)=O)CN2C(=O)OC(C)(C)C)cc1. The molecule has 12 heteroatoms. The standard InChI is InChI=1S/C24H37N3O8S/c1-23(2,3)33-21(29)26-18(13-20(25)28)15-8-10-16(11-9-15)19-12-17(35-36(7,31)32)14-27(19)22(30)34-24(4,5)6/h8-11,17-19H,12-14H2,1-7H3,(H2,25,28)(H,26,29)/t17-,18+,19-/m1/s1. The van der Waals surface area contributed by atoms with E-state index in [4.69, 9.17) is 19.4 Å². The van der Waals surface area contributed by atoms with Crippen molar-refractivity contribution in [2.75, 3.05) is 12.8 Å². The molecule has 0 saturated carbocycles. The first-order chi connectivity index (χ1) is 16.3. The normalized spacial score (nSPS) is 19.5. The van der Waals surface area contributed by atoms with Crippen LogP contribution >= 0.6 is 0 Å². The number of carbonyl (C=O) groups excluding carboxylic acids is 3. The van der Waals surface area contributed by atoms with Gasteiger partial charge in [0, 0.05) is 6.42 Å². The smallest absolute Gasteiger partial charge is 0.410 e. The molecule has 1 aliphatic heterocycles. The number of amides is 3. The van der Waals surface area contributed by atoms with Crippen molar-refractivity contribution in [2.45, 2.75) is 83.8 Å². The lowest BCUT2D eigenvalue weighted by molar-refractivity contribution is -0.118. The van der Waals surface area contributed by atoms with Gasteiger partial charge in [0.1, 0.15) is 11.2 Å².